The van der Waals surface area contributed by atoms with Gasteiger partial charge in [0, 0.05) is 17.8 Å². The number of fused-ring (bicyclic) bond motifs is 1. The molecule has 3 aromatic rings. The van der Waals surface area contributed by atoms with E-state index in [1.165, 1.54) is 11.3 Å². The lowest BCUT2D eigenvalue weighted by atomic mass is 10.1. The molecular weight excluding hydrogens is 426 g/mol. The van der Waals surface area contributed by atoms with Crippen LogP contribution in [0.15, 0.2) is 48.9 Å². The minimum atomic E-state index is -0.362. The predicted molar refractivity (Wildman–Crippen MR) is 129 cm³/mol. The van der Waals surface area contributed by atoms with Gasteiger partial charge < -0.3 is 21.1 Å². The molecule has 1 aromatic carbocycles. The molecule has 0 atom stereocenters. The third-order valence-electron chi connectivity index (χ3n) is 4.47. The number of carbonyl (C=O) groups is 2. The summed E-state index contributed by atoms with van der Waals surface area (Å²) in [6.07, 6.45) is 8.83. The second-order valence-electron chi connectivity index (χ2n) is 6.95. The van der Waals surface area contributed by atoms with Crippen LogP contribution in [0.4, 0.5) is 17.1 Å². The van der Waals surface area contributed by atoms with Gasteiger partial charge in [-0.25, -0.2) is 9.97 Å². The first-order valence-corrected chi connectivity index (χ1v) is 10.8. The van der Waals surface area contributed by atoms with Crippen LogP contribution in [-0.2, 0) is 16.1 Å². The molecule has 166 valence electrons. The number of nitrogens with one attached hydrogen (secondary N) is 2. The standard InChI is InChI=1S/C23H25N5O3S/c1-4-6-7-18(29)26-15-9-8-14(3)17(11-15)28-22(30)21-19(24)20-23(32-21)25-12-16(27-20)13-31-10-5-2/h4-6,8-12H,7,13,24H2,1-3H3,(H,26,29)(H,28,30)/b6-4-,10-5-. The van der Waals surface area contributed by atoms with Crippen LogP contribution in [0.2, 0.25) is 0 Å². The Hall–Kier alpha value is -3.72. The highest BCUT2D eigenvalue weighted by Crippen LogP contribution is 2.32. The molecule has 2 aromatic heterocycles. The first-order valence-electron chi connectivity index (χ1n) is 10.0. The van der Waals surface area contributed by atoms with Crippen molar-refractivity contribution in [3.05, 3.63) is 65.0 Å². The fourth-order valence-corrected chi connectivity index (χ4v) is 3.74. The fraction of sp³-hybridized carbons (Fsp3) is 0.217. The molecule has 8 nitrogen and oxygen atoms in total. The predicted octanol–water partition coefficient (Wildman–Crippen LogP) is 4.79. The van der Waals surface area contributed by atoms with Crippen molar-refractivity contribution in [2.45, 2.75) is 33.8 Å². The Labute approximate surface area is 190 Å². The highest BCUT2D eigenvalue weighted by molar-refractivity contribution is 7.21. The minimum Gasteiger partial charge on any atom is -0.495 e. The largest absolute Gasteiger partial charge is 0.495 e. The maximum Gasteiger partial charge on any atom is 0.268 e. The van der Waals surface area contributed by atoms with Crippen molar-refractivity contribution < 1.29 is 14.3 Å². The Kier molecular flexibility index (Phi) is 7.56. The maximum absolute atomic E-state index is 13.0. The van der Waals surface area contributed by atoms with Crippen LogP contribution in [0.5, 0.6) is 0 Å². The molecule has 32 heavy (non-hydrogen) atoms. The molecule has 0 aliphatic rings. The summed E-state index contributed by atoms with van der Waals surface area (Å²) >= 11 is 1.18. The molecule has 2 heterocycles. The van der Waals surface area contributed by atoms with Gasteiger partial charge >= 0.3 is 0 Å². The van der Waals surface area contributed by atoms with Crippen molar-refractivity contribution in [3.63, 3.8) is 0 Å². The summed E-state index contributed by atoms with van der Waals surface area (Å²) in [5.74, 6) is -0.496. The van der Waals surface area contributed by atoms with E-state index < -0.39 is 0 Å². The molecule has 4 N–H and O–H groups in total. The lowest BCUT2D eigenvalue weighted by Crippen LogP contribution is -2.14. The molecule has 9 heteroatoms. The summed E-state index contributed by atoms with van der Waals surface area (Å²) in [6.45, 7) is 5.84. The number of amides is 2. The summed E-state index contributed by atoms with van der Waals surface area (Å²) < 4.78 is 5.33. The van der Waals surface area contributed by atoms with E-state index in [9.17, 15) is 9.59 Å². The van der Waals surface area contributed by atoms with Crippen molar-refractivity contribution in [1.29, 1.82) is 0 Å². The molecule has 2 amide bonds. The number of carbonyl (C=O) groups excluding carboxylic acids is 2. The van der Waals surface area contributed by atoms with Gasteiger partial charge in [-0.2, -0.15) is 0 Å². The van der Waals surface area contributed by atoms with Gasteiger partial charge in [0.05, 0.1) is 23.8 Å². The van der Waals surface area contributed by atoms with E-state index in [2.05, 4.69) is 20.6 Å². The van der Waals surface area contributed by atoms with Crippen LogP contribution in [0.1, 0.15) is 41.2 Å². The Bertz CT molecular complexity index is 1200. The van der Waals surface area contributed by atoms with E-state index in [1.54, 1.807) is 36.7 Å². The van der Waals surface area contributed by atoms with Crippen molar-refractivity contribution in [1.82, 2.24) is 9.97 Å². The molecule has 0 bridgehead atoms. The van der Waals surface area contributed by atoms with Crippen molar-refractivity contribution in [3.8, 4) is 0 Å². The summed E-state index contributed by atoms with van der Waals surface area (Å²) in [5, 5.41) is 5.70. The topological polar surface area (TPSA) is 119 Å². The number of nitrogens with zero attached hydrogens (tertiary/aromatic N) is 2. The molecule has 0 radical (unpaired) electrons. The summed E-state index contributed by atoms with van der Waals surface area (Å²) in [4.78, 5) is 34.7. The molecule has 0 fully saturated rings. The van der Waals surface area contributed by atoms with E-state index in [0.717, 1.165) is 5.56 Å². The SMILES string of the molecule is C/C=C\CC(=O)Nc1ccc(C)c(NC(=O)c2sc3ncc(CO/C=C\C)nc3c2N)c1. The molecule has 0 unspecified atom stereocenters. The number of benzene rings is 1. The lowest BCUT2D eigenvalue weighted by molar-refractivity contribution is -0.115. The first kappa shape index (κ1) is 23.0. The van der Waals surface area contributed by atoms with Crippen LogP contribution in [-0.4, -0.2) is 21.8 Å². The number of anilines is 3. The highest BCUT2D eigenvalue weighted by atomic mass is 32.1. The van der Waals surface area contributed by atoms with E-state index >= 15 is 0 Å². The van der Waals surface area contributed by atoms with E-state index in [0.29, 0.717) is 32.3 Å². The number of aromatic nitrogens is 2. The highest BCUT2D eigenvalue weighted by Gasteiger charge is 2.19. The van der Waals surface area contributed by atoms with Gasteiger partial charge in [-0.3, -0.25) is 9.59 Å². The van der Waals surface area contributed by atoms with Crippen LogP contribution in [0.3, 0.4) is 0 Å². The van der Waals surface area contributed by atoms with Gasteiger partial charge in [0.1, 0.15) is 21.8 Å². The van der Waals surface area contributed by atoms with Crippen LogP contribution in [0, 0.1) is 6.92 Å². The second-order valence-corrected chi connectivity index (χ2v) is 7.94. The van der Waals surface area contributed by atoms with Crippen LogP contribution < -0.4 is 16.4 Å². The zero-order chi connectivity index (χ0) is 23.1. The van der Waals surface area contributed by atoms with Gasteiger partial charge in [-0.05, 0) is 38.5 Å². The lowest BCUT2D eigenvalue weighted by Gasteiger charge is -2.11. The number of aryl methyl sites for hydroxylation is 1. The molecular formula is C23H25N5O3S. The molecule has 3 rings (SSSR count). The number of hydrogen-bond acceptors (Lipinski definition) is 7. The Balaban J connectivity index is 1.80. The fourth-order valence-electron chi connectivity index (χ4n) is 2.84. The van der Waals surface area contributed by atoms with Gasteiger partial charge in [0.25, 0.3) is 5.91 Å². The second kappa shape index (κ2) is 10.5. The number of rotatable bonds is 8. The van der Waals surface area contributed by atoms with E-state index in [4.69, 9.17) is 10.5 Å². The van der Waals surface area contributed by atoms with Gasteiger partial charge in [0.15, 0.2) is 0 Å². The third kappa shape index (κ3) is 5.50. The minimum absolute atomic E-state index is 0.135. The molecule has 0 saturated heterocycles. The summed E-state index contributed by atoms with van der Waals surface area (Å²) in [6, 6.07) is 5.34. The summed E-state index contributed by atoms with van der Waals surface area (Å²) in [7, 11) is 0. The number of nitrogen functional groups attached to an aromatic ring is 1. The van der Waals surface area contributed by atoms with Crippen LogP contribution >= 0.6 is 11.3 Å². The third-order valence-corrected chi connectivity index (χ3v) is 5.57. The monoisotopic (exact) mass is 451 g/mol. The number of ether oxygens (including phenoxy) is 1. The Morgan fingerprint density at radius 3 is 2.78 bits per heavy atom. The van der Waals surface area contributed by atoms with Gasteiger partial charge in [-0.1, -0.05) is 24.3 Å². The van der Waals surface area contributed by atoms with Crippen molar-refractivity contribution >= 4 is 50.6 Å². The van der Waals surface area contributed by atoms with Crippen molar-refractivity contribution in [2.24, 2.45) is 0 Å². The zero-order valence-electron chi connectivity index (χ0n) is 18.1. The zero-order valence-corrected chi connectivity index (χ0v) is 19.0. The van der Waals surface area contributed by atoms with Crippen LogP contribution in [0.25, 0.3) is 10.3 Å². The number of hydrogen-bond donors (Lipinski definition) is 3. The molecule has 0 spiro atoms. The summed E-state index contributed by atoms with van der Waals surface area (Å²) in [5.41, 5.74) is 9.62. The average molecular weight is 452 g/mol. The number of thiophene rings is 1. The maximum atomic E-state index is 13.0. The van der Waals surface area contributed by atoms with Gasteiger partial charge in [-0.15, -0.1) is 11.3 Å². The Morgan fingerprint density at radius 2 is 2.03 bits per heavy atom. The smallest absolute Gasteiger partial charge is 0.268 e. The quantitative estimate of drug-likeness (QED) is 0.335. The van der Waals surface area contributed by atoms with E-state index in [-0.39, 0.29) is 30.5 Å². The molecule has 0 aliphatic carbocycles. The molecule has 0 saturated carbocycles. The first-order chi connectivity index (χ1) is 15.4. The number of allylic oxidation sites excluding steroid dienone is 2. The van der Waals surface area contributed by atoms with Gasteiger partial charge in [0.2, 0.25) is 5.91 Å². The van der Waals surface area contributed by atoms with E-state index in [1.807, 2.05) is 32.9 Å². The normalized spacial score (nSPS) is 11.3. The Morgan fingerprint density at radius 1 is 1.22 bits per heavy atom. The number of nitrogens with two attached hydrogens (primary N) is 1. The average Bonchev–Trinajstić information content (AvgIpc) is 3.11. The molecule has 0 aliphatic heterocycles. The van der Waals surface area contributed by atoms with Crippen molar-refractivity contribution in [2.75, 3.05) is 16.4 Å².